The zero-order valence-corrected chi connectivity index (χ0v) is 12.6. The van der Waals surface area contributed by atoms with Gasteiger partial charge < -0.3 is 19.7 Å². The smallest absolute Gasteiger partial charge is 0.339 e. The van der Waals surface area contributed by atoms with E-state index < -0.39 is 11.7 Å². The number of benzene rings is 2. The molecule has 0 radical (unpaired) electrons. The highest BCUT2D eigenvalue weighted by Gasteiger charge is 2.15. The number of carboxylic acids is 1. The fourth-order valence-electron chi connectivity index (χ4n) is 1.94. The first-order valence-electron chi connectivity index (χ1n) is 6.51. The Morgan fingerprint density at radius 3 is 2.64 bits per heavy atom. The SMILES string of the molecule is COCCOc1cccc(-c2cc(Cl)c(O)c(C(=O)O)c2)c1. The van der Waals surface area contributed by atoms with Gasteiger partial charge in [0.1, 0.15) is 23.7 Å². The van der Waals surface area contributed by atoms with Crippen LogP contribution in [-0.2, 0) is 4.74 Å². The lowest BCUT2D eigenvalue weighted by Crippen LogP contribution is -2.04. The lowest BCUT2D eigenvalue weighted by Gasteiger charge is -2.10. The van der Waals surface area contributed by atoms with E-state index in [1.54, 1.807) is 31.4 Å². The van der Waals surface area contributed by atoms with Gasteiger partial charge in [0.05, 0.1) is 11.6 Å². The predicted octanol–water partition coefficient (Wildman–Crippen LogP) is 3.44. The van der Waals surface area contributed by atoms with E-state index in [0.29, 0.717) is 24.5 Å². The number of methoxy groups -OCH3 is 1. The molecule has 0 atom stereocenters. The van der Waals surface area contributed by atoms with E-state index in [1.807, 2.05) is 0 Å². The predicted molar refractivity (Wildman–Crippen MR) is 82.9 cm³/mol. The van der Waals surface area contributed by atoms with Crippen LogP contribution >= 0.6 is 11.6 Å². The molecule has 0 amide bonds. The van der Waals surface area contributed by atoms with Gasteiger partial charge in [-0.15, -0.1) is 0 Å². The quantitative estimate of drug-likeness (QED) is 0.797. The molecule has 0 unspecified atom stereocenters. The Balaban J connectivity index is 2.35. The largest absolute Gasteiger partial charge is 0.505 e. The van der Waals surface area contributed by atoms with Crippen molar-refractivity contribution >= 4 is 17.6 Å². The summed E-state index contributed by atoms with van der Waals surface area (Å²) in [6.07, 6.45) is 0. The molecule has 22 heavy (non-hydrogen) atoms. The molecule has 0 saturated heterocycles. The van der Waals surface area contributed by atoms with E-state index in [-0.39, 0.29) is 10.6 Å². The first-order chi connectivity index (χ1) is 10.5. The van der Waals surface area contributed by atoms with Gasteiger partial charge in [0.15, 0.2) is 0 Å². The van der Waals surface area contributed by atoms with Crippen molar-refractivity contribution in [1.82, 2.24) is 0 Å². The molecule has 0 aromatic heterocycles. The number of halogens is 1. The van der Waals surface area contributed by atoms with Gasteiger partial charge in [-0.2, -0.15) is 0 Å². The summed E-state index contributed by atoms with van der Waals surface area (Å²) in [6, 6.07) is 10.0. The number of ether oxygens (including phenoxy) is 2. The Hall–Kier alpha value is -2.24. The summed E-state index contributed by atoms with van der Waals surface area (Å²) in [5, 5.41) is 18.8. The summed E-state index contributed by atoms with van der Waals surface area (Å²) in [6.45, 7) is 0.884. The molecule has 0 aliphatic rings. The second-order valence-electron chi connectivity index (χ2n) is 4.53. The van der Waals surface area contributed by atoms with Crippen molar-refractivity contribution in [3.63, 3.8) is 0 Å². The molecular formula is C16H15ClO5. The summed E-state index contributed by atoms with van der Waals surface area (Å²) in [5.41, 5.74) is 1.07. The molecule has 2 aromatic carbocycles. The second-order valence-corrected chi connectivity index (χ2v) is 4.94. The van der Waals surface area contributed by atoms with Gasteiger partial charge in [0.2, 0.25) is 0 Å². The van der Waals surface area contributed by atoms with Crippen molar-refractivity contribution in [3.05, 3.63) is 47.0 Å². The van der Waals surface area contributed by atoms with Gasteiger partial charge in [-0.05, 0) is 35.4 Å². The molecule has 0 bridgehead atoms. The van der Waals surface area contributed by atoms with Crippen molar-refractivity contribution in [2.24, 2.45) is 0 Å². The monoisotopic (exact) mass is 322 g/mol. The van der Waals surface area contributed by atoms with Crippen LogP contribution in [0.15, 0.2) is 36.4 Å². The second kappa shape index (κ2) is 7.15. The molecule has 5 nitrogen and oxygen atoms in total. The molecule has 2 rings (SSSR count). The highest BCUT2D eigenvalue weighted by atomic mass is 35.5. The summed E-state index contributed by atoms with van der Waals surface area (Å²) >= 11 is 5.89. The summed E-state index contributed by atoms with van der Waals surface area (Å²) in [7, 11) is 1.59. The Kier molecular flexibility index (Phi) is 5.25. The van der Waals surface area contributed by atoms with Gasteiger partial charge >= 0.3 is 5.97 Å². The highest BCUT2D eigenvalue weighted by Crippen LogP contribution is 2.34. The van der Waals surface area contributed by atoms with Crippen LogP contribution < -0.4 is 4.74 Å². The van der Waals surface area contributed by atoms with Crippen molar-refractivity contribution < 1.29 is 24.5 Å². The average Bonchev–Trinajstić information content (AvgIpc) is 2.50. The Bertz CT molecular complexity index is 684. The van der Waals surface area contributed by atoms with Crippen LogP contribution in [-0.4, -0.2) is 36.5 Å². The van der Waals surface area contributed by atoms with Gasteiger partial charge in [-0.1, -0.05) is 23.7 Å². The molecule has 0 saturated carbocycles. The molecule has 0 spiro atoms. The summed E-state index contributed by atoms with van der Waals surface area (Å²) in [5.74, 6) is -1.05. The normalized spacial score (nSPS) is 10.5. The number of aromatic hydroxyl groups is 1. The van der Waals surface area contributed by atoms with Crippen molar-refractivity contribution in [2.75, 3.05) is 20.3 Å². The molecule has 2 N–H and O–H groups in total. The third kappa shape index (κ3) is 3.69. The number of phenols is 1. The molecule has 0 heterocycles. The minimum absolute atomic E-state index is 0.0133. The van der Waals surface area contributed by atoms with E-state index in [2.05, 4.69) is 0 Å². The number of carbonyl (C=O) groups is 1. The van der Waals surface area contributed by atoms with Gasteiger partial charge in [-0.3, -0.25) is 0 Å². The number of aromatic carboxylic acids is 1. The number of hydrogen-bond acceptors (Lipinski definition) is 4. The van der Waals surface area contributed by atoms with E-state index in [0.717, 1.165) is 5.56 Å². The van der Waals surface area contributed by atoms with Gasteiger partial charge in [0, 0.05) is 7.11 Å². The maximum absolute atomic E-state index is 11.1. The van der Waals surface area contributed by atoms with Crippen LogP contribution in [0.5, 0.6) is 11.5 Å². The van der Waals surface area contributed by atoms with E-state index in [4.69, 9.17) is 26.2 Å². The molecule has 116 valence electrons. The standard InChI is InChI=1S/C16H15ClO5/c1-21-5-6-22-12-4-2-3-10(7-12)11-8-13(16(19)20)15(18)14(17)9-11/h2-4,7-9,18H,5-6H2,1H3,(H,19,20). The average molecular weight is 323 g/mol. The first kappa shape index (κ1) is 16.1. The third-order valence-corrected chi connectivity index (χ3v) is 3.31. The van der Waals surface area contributed by atoms with E-state index in [1.165, 1.54) is 12.1 Å². The van der Waals surface area contributed by atoms with E-state index >= 15 is 0 Å². The number of hydrogen-bond donors (Lipinski definition) is 2. The lowest BCUT2D eigenvalue weighted by molar-refractivity contribution is 0.0694. The molecule has 0 aliphatic carbocycles. The third-order valence-electron chi connectivity index (χ3n) is 3.02. The Morgan fingerprint density at radius 2 is 1.95 bits per heavy atom. The van der Waals surface area contributed by atoms with Crippen molar-refractivity contribution in [3.8, 4) is 22.6 Å². The minimum atomic E-state index is -1.24. The first-order valence-corrected chi connectivity index (χ1v) is 6.88. The maximum atomic E-state index is 11.1. The molecule has 0 aliphatic heterocycles. The fraction of sp³-hybridized carbons (Fsp3) is 0.188. The lowest BCUT2D eigenvalue weighted by atomic mass is 10.0. The Morgan fingerprint density at radius 1 is 1.18 bits per heavy atom. The van der Waals surface area contributed by atoms with E-state index in [9.17, 15) is 9.90 Å². The van der Waals surface area contributed by atoms with Gasteiger partial charge in [-0.25, -0.2) is 4.79 Å². The zero-order chi connectivity index (χ0) is 16.1. The zero-order valence-electron chi connectivity index (χ0n) is 11.9. The van der Waals surface area contributed by atoms with Crippen LogP contribution in [0, 0.1) is 0 Å². The van der Waals surface area contributed by atoms with Crippen LogP contribution in [0.2, 0.25) is 5.02 Å². The van der Waals surface area contributed by atoms with Gasteiger partial charge in [0.25, 0.3) is 0 Å². The van der Waals surface area contributed by atoms with Crippen LogP contribution in [0.3, 0.4) is 0 Å². The molecular weight excluding hydrogens is 308 g/mol. The van der Waals surface area contributed by atoms with Crippen LogP contribution in [0.4, 0.5) is 0 Å². The van der Waals surface area contributed by atoms with Crippen molar-refractivity contribution in [2.45, 2.75) is 0 Å². The number of carboxylic acid groups (broad SMARTS) is 1. The summed E-state index contributed by atoms with van der Waals surface area (Å²) < 4.78 is 10.4. The van der Waals surface area contributed by atoms with Crippen molar-refractivity contribution in [1.29, 1.82) is 0 Å². The topological polar surface area (TPSA) is 76.0 Å². The molecule has 0 fully saturated rings. The summed E-state index contributed by atoms with van der Waals surface area (Å²) in [4.78, 5) is 11.1. The fourth-order valence-corrected chi connectivity index (χ4v) is 2.16. The highest BCUT2D eigenvalue weighted by molar-refractivity contribution is 6.33. The van der Waals surface area contributed by atoms with Crippen LogP contribution in [0.1, 0.15) is 10.4 Å². The maximum Gasteiger partial charge on any atom is 0.339 e. The Labute approximate surface area is 132 Å². The molecule has 6 heteroatoms. The molecule has 2 aromatic rings. The van der Waals surface area contributed by atoms with Crippen LogP contribution in [0.25, 0.3) is 11.1 Å². The number of rotatable bonds is 6. The minimum Gasteiger partial charge on any atom is -0.505 e.